The van der Waals surface area contributed by atoms with E-state index in [0.29, 0.717) is 17.0 Å². The van der Waals surface area contributed by atoms with Crippen molar-refractivity contribution in [3.63, 3.8) is 0 Å². The average Bonchev–Trinajstić information content (AvgIpc) is 3.14. The third-order valence-electron chi connectivity index (χ3n) is 3.41. The number of furan rings is 1. The summed E-state index contributed by atoms with van der Waals surface area (Å²) >= 11 is 5.77. The van der Waals surface area contributed by atoms with Gasteiger partial charge in [0.2, 0.25) is 10.0 Å². The maximum atomic E-state index is 12.4. The molecule has 1 amide bonds. The molecule has 0 bridgehead atoms. The number of anilines is 1. The van der Waals surface area contributed by atoms with E-state index in [1.54, 1.807) is 18.2 Å². The molecular weight excluding hydrogens is 378 g/mol. The van der Waals surface area contributed by atoms with Crippen molar-refractivity contribution in [2.45, 2.75) is 11.4 Å². The standard InChI is InChI=1S/C17H14ClN3O4S/c18-16-9-12(6-7-19-16)17(22)21-13-3-1-5-15(10-13)26(23,24)20-11-14-4-2-8-25-14/h1-10,20H,11H2,(H,21,22). The molecule has 7 nitrogen and oxygen atoms in total. The zero-order chi connectivity index (χ0) is 18.6. The van der Waals surface area contributed by atoms with Crippen LogP contribution in [0.3, 0.4) is 0 Å². The molecule has 0 saturated carbocycles. The number of pyridine rings is 1. The van der Waals surface area contributed by atoms with E-state index in [9.17, 15) is 13.2 Å². The first-order valence-corrected chi connectivity index (χ1v) is 9.35. The van der Waals surface area contributed by atoms with E-state index in [1.165, 1.54) is 42.8 Å². The van der Waals surface area contributed by atoms with E-state index < -0.39 is 15.9 Å². The van der Waals surface area contributed by atoms with Gasteiger partial charge in [-0.3, -0.25) is 4.79 Å². The number of nitrogens with zero attached hydrogens (tertiary/aromatic N) is 1. The Hall–Kier alpha value is -2.68. The second kappa shape index (κ2) is 7.69. The van der Waals surface area contributed by atoms with E-state index in [0.717, 1.165) is 0 Å². The number of rotatable bonds is 6. The number of hydrogen-bond donors (Lipinski definition) is 2. The number of hydrogen-bond acceptors (Lipinski definition) is 5. The van der Waals surface area contributed by atoms with Crippen LogP contribution in [0.4, 0.5) is 5.69 Å². The van der Waals surface area contributed by atoms with Gasteiger partial charge in [0.15, 0.2) is 0 Å². The van der Waals surface area contributed by atoms with E-state index >= 15 is 0 Å². The molecule has 3 aromatic rings. The van der Waals surface area contributed by atoms with E-state index in [2.05, 4.69) is 15.0 Å². The largest absolute Gasteiger partial charge is 0.468 e. The summed E-state index contributed by atoms with van der Waals surface area (Å²) in [7, 11) is -3.76. The molecule has 0 aliphatic carbocycles. The molecule has 2 N–H and O–H groups in total. The van der Waals surface area contributed by atoms with Gasteiger partial charge in [0.05, 0.1) is 17.7 Å². The lowest BCUT2D eigenvalue weighted by atomic mass is 10.2. The number of aromatic nitrogens is 1. The lowest BCUT2D eigenvalue weighted by Crippen LogP contribution is -2.23. The quantitative estimate of drug-likeness (QED) is 0.629. The second-order valence-electron chi connectivity index (χ2n) is 5.25. The zero-order valence-corrected chi connectivity index (χ0v) is 14.9. The van der Waals surface area contributed by atoms with Crippen molar-refractivity contribution >= 4 is 33.2 Å². The van der Waals surface area contributed by atoms with Crippen LogP contribution in [0.15, 0.2) is 70.3 Å². The van der Waals surface area contributed by atoms with Crippen molar-refractivity contribution in [3.8, 4) is 0 Å². The Bertz CT molecular complexity index is 1020. The first-order valence-electron chi connectivity index (χ1n) is 7.49. The number of benzene rings is 1. The number of amides is 1. The Morgan fingerprint density at radius 3 is 2.73 bits per heavy atom. The van der Waals surface area contributed by atoms with Crippen LogP contribution in [0.1, 0.15) is 16.1 Å². The van der Waals surface area contributed by atoms with Gasteiger partial charge in [-0.15, -0.1) is 0 Å². The van der Waals surface area contributed by atoms with Crippen LogP contribution < -0.4 is 10.0 Å². The van der Waals surface area contributed by atoms with Crippen molar-refractivity contribution in [1.82, 2.24) is 9.71 Å². The summed E-state index contributed by atoms with van der Waals surface area (Å²) in [4.78, 5) is 16.1. The Labute approximate surface area is 155 Å². The summed E-state index contributed by atoms with van der Waals surface area (Å²) in [5, 5.41) is 2.82. The van der Waals surface area contributed by atoms with Gasteiger partial charge in [0, 0.05) is 17.4 Å². The fourth-order valence-corrected chi connectivity index (χ4v) is 3.36. The molecule has 0 spiro atoms. The first-order chi connectivity index (χ1) is 12.4. The summed E-state index contributed by atoms with van der Waals surface area (Å²) in [6.45, 7) is 0.0292. The topological polar surface area (TPSA) is 101 Å². The molecular formula is C17H14ClN3O4S. The Morgan fingerprint density at radius 1 is 1.15 bits per heavy atom. The highest BCUT2D eigenvalue weighted by Gasteiger charge is 2.16. The maximum Gasteiger partial charge on any atom is 0.255 e. The molecule has 0 unspecified atom stereocenters. The zero-order valence-electron chi connectivity index (χ0n) is 13.3. The minimum absolute atomic E-state index is 0.0228. The molecule has 2 aromatic heterocycles. The van der Waals surface area contributed by atoms with Crippen LogP contribution >= 0.6 is 11.6 Å². The molecule has 26 heavy (non-hydrogen) atoms. The van der Waals surface area contributed by atoms with Crippen molar-refractivity contribution in [1.29, 1.82) is 0 Å². The van der Waals surface area contributed by atoms with Crippen LogP contribution in [-0.4, -0.2) is 19.3 Å². The third kappa shape index (κ3) is 4.48. The molecule has 0 atom stereocenters. The summed E-state index contributed by atoms with van der Waals surface area (Å²) in [5.41, 5.74) is 0.651. The van der Waals surface area contributed by atoms with E-state index in [1.807, 2.05) is 0 Å². The van der Waals surface area contributed by atoms with Crippen LogP contribution in [0.2, 0.25) is 5.15 Å². The van der Waals surface area contributed by atoms with E-state index in [4.69, 9.17) is 16.0 Å². The molecule has 2 heterocycles. The van der Waals surface area contributed by atoms with Crippen molar-refractivity contribution in [2.75, 3.05) is 5.32 Å². The molecule has 0 saturated heterocycles. The van der Waals surface area contributed by atoms with Gasteiger partial charge in [-0.1, -0.05) is 17.7 Å². The second-order valence-corrected chi connectivity index (χ2v) is 7.41. The van der Waals surface area contributed by atoms with Gasteiger partial charge >= 0.3 is 0 Å². The van der Waals surface area contributed by atoms with Crippen molar-refractivity contribution in [3.05, 3.63) is 77.5 Å². The number of halogens is 1. The maximum absolute atomic E-state index is 12.4. The van der Waals surface area contributed by atoms with Gasteiger partial charge < -0.3 is 9.73 Å². The monoisotopic (exact) mass is 391 g/mol. The SMILES string of the molecule is O=C(Nc1cccc(S(=O)(=O)NCc2ccco2)c1)c1ccnc(Cl)c1. The molecule has 9 heteroatoms. The highest BCUT2D eigenvalue weighted by Crippen LogP contribution is 2.17. The van der Waals surface area contributed by atoms with Crippen LogP contribution in [0.25, 0.3) is 0 Å². The normalized spacial score (nSPS) is 11.3. The number of carbonyl (C=O) groups excluding carboxylic acids is 1. The van der Waals surface area contributed by atoms with Crippen LogP contribution in [0, 0.1) is 0 Å². The summed E-state index contributed by atoms with van der Waals surface area (Å²) < 4.78 is 32.3. The summed E-state index contributed by atoms with van der Waals surface area (Å²) in [5.74, 6) is 0.0694. The number of carbonyl (C=O) groups is 1. The average molecular weight is 392 g/mol. The van der Waals surface area contributed by atoms with Gasteiger partial charge in [-0.25, -0.2) is 18.1 Å². The van der Waals surface area contributed by atoms with Crippen molar-refractivity contribution < 1.29 is 17.6 Å². The first kappa shape index (κ1) is 18.1. The Morgan fingerprint density at radius 2 is 2.00 bits per heavy atom. The van der Waals surface area contributed by atoms with Gasteiger partial charge in [0.1, 0.15) is 10.9 Å². The van der Waals surface area contributed by atoms with Crippen LogP contribution in [0.5, 0.6) is 0 Å². The Kier molecular flexibility index (Phi) is 5.36. The predicted octanol–water partition coefficient (Wildman–Crippen LogP) is 3.06. The minimum atomic E-state index is -3.76. The molecule has 0 aliphatic rings. The van der Waals surface area contributed by atoms with Gasteiger partial charge in [-0.05, 0) is 42.5 Å². The van der Waals surface area contributed by atoms with E-state index in [-0.39, 0.29) is 16.6 Å². The molecule has 0 radical (unpaired) electrons. The lowest BCUT2D eigenvalue weighted by molar-refractivity contribution is 0.102. The lowest BCUT2D eigenvalue weighted by Gasteiger charge is -2.09. The molecule has 3 rings (SSSR count). The number of nitrogens with one attached hydrogen (secondary N) is 2. The molecule has 134 valence electrons. The molecule has 0 aliphatic heterocycles. The number of sulfonamides is 1. The third-order valence-corrected chi connectivity index (χ3v) is 5.01. The highest BCUT2D eigenvalue weighted by molar-refractivity contribution is 7.89. The molecule has 0 fully saturated rings. The Balaban J connectivity index is 1.74. The van der Waals surface area contributed by atoms with Gasteiger partial charge in [0.25, 0.3) is 5.91 Å². The fraction of sp³-hybridized carbons (Fsp3) is 0.0588. The van der Waals surface area contributed by atoms with Gasteiger partial charge in [-0.2, -0.15) is 0 Å². The van der Waals surface area contributed by atoms with Crippen molar-refractivity contribution in [2.24, 2.45) is 0 Å². The summed E-state index contributed by atoms with van der Waals surface area (Å²) in [6.07, 6.45) is 2.88. The predicted molar refractivity (Wildman–Crippen MR) is 96.4 cm³/mol. The van der Waals surface area contributed by atoms with Crippen LogP contribution in [-0.2, 0) is 16.6 Å². The molecule has 1 aromatic carbocycles. The smallest absolute Gasteiger partial charge is 0.255 e. The fourth-order valence-electron chi connectivity index (χ4n) is 2.15. The minimum Gasteiger partial charge on any atom is -0.468 e. The highest BCUT2D eigenvalue weighted by atomic mass is 35.5. The summed E-state index contributed by atoms with van der Waals surface area (Å²) in [6, 6.07) is 12.2.